The molecule has 0 spiro atoms. The van der Waals surface area contributed by atoms with Gasteiger partial charge in [0.05, 0.1) is 0 Å². The molecule has 2 aliphatic rings. The zero-order chi connectivity index (χ0) is 14.1. The topological polar surface area (TPSA) is 47.6 Å². The minimum absolute atomic E-state index is 0.0192. The average molecular weight is 275 g/mol. The van der Waals surface area contributed by atoms with Crippen LogP contribution in [0.3, 0.4) is 0 Å². The first-order valence-corrected chi connectivity index (χ1v) is 7.35. The van der Waals surface area contributed by atoms with Gasteiger partial charge >= 0.3 is 0 Å². The number of benzene rings is 1. The van der Waals surface area contributed by atoms with E-state index in [4.69, 9.17) is 9.47 Å². The highest BCUT2D eigenvalue weighted by Crippen LogP contribution is 2.33. The molecule has 1 aliphatic heterocycles. The molecule has 1 saturated carbocycles. The molecule has 1 N–H and O–H groups in total. The molecule has 1 aromatic rings. The lowest BCUT2D eigenvalue weighted by Crippen LogP contribution is -2.43. The van der Waals surface area contributed by atoms with Crippen LogP contribution in [-0.4, -0.2) is 18.7 Å². The highest BCUT2D eigenvalue weighted by atomic mass is 16.7. The molecule has 1 fully saturated rings. The molecule has 0 unspecified atom stereocenters. The van der Waals surface area contributed by atoms with E-state index in [-0.39, 0.29) is 18.7 Å². The molecule has 0 radical (unpaired) electrons. The molecular formula is C16H21NO3. The van der Waals surface area contributed by atoms with Gasteiger partial charge in [0.2, 0.25) is 6.79 Å². The number of carbonyl (C=O) groups is 1. The standard InChI is InChI=1S/C16H21NO3/c1-10-4-3-5-13(11(10)2)17-16(18)12-6-7-14-15(8-12)20-9-19-14/h6-8,10-11,13H,3-5,9H2,1-2H3,(H,17,18)/t10-,11+,13-/m1/s1. The van der Waals surface area contributed by atoms with Crippen molar-refractivity contribution in [2.24, 2.45) is 11.8 Å². The van der Waals surface area contributed by atoms with Crippen LogP contribution in [0.2, 0.25) is 0 Å². The summed E-state index contributed by atoms with van der Waals surface area (Å²) in [4.78, 5) is 12.4. The minimum Gasteiger partial charge on any atom is -0.454 e. The first-order valence-electron chi connectivity index (χ1n) is 7.35. The van der Waals surface area contributed by atoms with E-state index in [0.717, 1.165) is 6.42 Å². The van der Waals surface area contributed by atoms with Gasteiger partial charge in [0.15, 0.2) is 11.5 Å². The summed E-state index contributed by atoms with van der Waals surface area (Å²) in [7, 11) is 0. The van der Waals surface area contributed by atoms with Crippen LogP contribution in [0.15, 0.2) is 18.2 Å². The van der Waals surface area contributed by atoms with E-state index >= 15 is 0 Å². The Morgan fingerprint density at radius 2 is 2.00 bits per heavy atom. The van der Waals surface area contributed by atoms with Gasteiger partial charge in [-0.2, -0.15) is 0 Å². The second-order valence-electron chi connectivity index (χ2n) is 5.92. The van der Waals surface area contributed by atoms with Crippen LogP contribution < -0.4 is 14.8 Å². The van der Waals surface area contributed by atoms with Crippen LogP contribution in [0, 0.1) is 11.8 Å². The van der Waals surface area contributed by atoms with Crippen molar-refractivity contribution in [3.05, 3.63) is 23.8 Å². The zero-order valence-corrected chi connectivity index (χ0v) is 12.0. The quantitative estimate of drug-likeness (QED) is 0.902. The molecule has 1 heterocycles. The molecular weight excluding hydrogens is 254 g/mol. The summed E-state index contributed by atoms with van der Waals surface area (Å²) < 4.78 is 10.6. The second-order valence-corrected chi connectivity index (χ2v) is 5.92. The van der Waals surface area contributed by atoms with E-state index < -0.39 is 0 Å². The summed E-state index contributed by atoms with van der Waals surface area (Å²) in [6, 6.07) is 5.62. The van der Waals surface area contributed by atoms with Crippen molar-refractivity contribution < 1.29 is 14.3 Å². The third-order valence-electron chi connectivity index (χ3n) is 4.66. The van der Waals surface area contributed by atoms with Gasteiger partial charge in [0, 0.05) is 11.6 Å². The molecule has 0 saturated heterocycles. The van der Waals surface area contributed by atoms with Crippen molar-refractivity contribution in [3.8, 4) is 11.5 Å². The number of nitrogens with one attached hydrogen (secondary N) is 1. The maximum absolute atomic E-state index is 12.4. The van der Waals surface area contributed by atoms with Crippen LogP contribution in [0.25, 0.3) is 0 Å². The average Bonchev–Trinajstić information content (AvgIpc) is 2.91. The lowest BCUT2D eigenvalue weighted by Gasteiger charge is -2.34. The Bertz CT molecular complexity index is 514. The number of hydrogen-bond donors (Lipinski definition) is 1. The van der Waals surface area contributed by atoms with Crippen LogP contribution in [-0.2, 0) is 0 Å². The summed E-state index contributed by atoms with van der Waals surface area (Å²) in [5.74, 6) is 2.55. The highest BCUT2D eigenvalue weighted by Gasteiger charge is 2.28. The minimum atomic E-state index is -0.0192. The monoisotopic (exact) mass is 275 g/mol. The number of rotatable bonds is 2. The van der Waals surface area contributed by atoms with Gasteiger partial charge in [0.25, 0.3) is 5.91 Å². The Kier molecular flexibility index (Phi) is 3.55. The van der Waals surface area contributed by atoms with E-state index in [1.807, 2.05) is 0 Å². The van der Waals surface area contributed by atoms with Crippen molar-refractivity contribution in [1.82, 2.24) is 5.32 Å². The Morgan fingerprint density at radius 1 is 1.20 bits per heavy atom. The Balaban J connectivity index is 1.70. The fraction of sp³-hybridized carbons (Fsp3) is 0.562. The van der Waals surface area contributed by atoms with Crippen LogP contribution in [0.1, 0.15) is 43.5 Å². The third kappa shape index (κ3) is 2.47. The molecule has 3 atom stereocenters. The Labute approximate surface area is 119 Å². The zero-order valence-electron chi connectivity index (χ0n) is 12.0. The third-order valence-corrected chi connectivity index (χ3v) is 4.66. The fourth-order valence-corrected chi connectivity index (χ4v) is 3.08. The maximum Gasteiger partial charge on any atom is 0.251 e. The number of hydrogen-bond acceptors (Lipinski definition) is 3. The van der Waals surface area contributed by atoms with Gasteiger partial charge in [-0.05, 0) is 36.5 Å². The number of ether oxygens (including phenoxy) is 2. The van der Waals surface area contributed by atoms with Crippen molar-refractivity contribution in [3.63, 3.8) is 0 Å². The summed E-state index contributed by atoms with van der Waals surface area (Å²) in [5, 5.41) is 3.17. The van der Waals surface area contributed by atoms with E-state index in [9.17, 15) is 4.79 Å². The smallest absolute Gasteiger partial charge is 0.251 e. The van der Waals surface area contributed by atoms with E-state index in [1.165, 1.54) is 12.8 Å². The molecule has 108 valence electrons. The second kappa shape index (κ2) is 5.35. The molecule has 4 heteroatoms. The first-order chi connectivity index (χ1) is 9.65. The molecule has 0 aromatic heterocycles. The van der Waals surface area contributed by atoms with Gasteiger partial charge in [0.1, 0.15) is 0 Å². The van der Waals surface area contributed by atoms with E-state index in [1.54, 1.807) is 18.2 Å². The van der Waals surface area contributed by atoms with Crippen molar-refractivity contribution in [1.29, 1.82) is 0 Å². The SMILES string of the molecule is C[C@H]1[C@H](C)CCC[C@H]1NC(=O)c1ccc2c(c1)OCO2. The molecule has 0 bridgehead atoms. The lowest BCUT2D eigenvalue weighted by molar-refractivity contribution is 0.0890. The summed E-state index contributed by atoms with van der Waals surface area (Å²) in [6.45, 7) is 4.73. The normalized spacial score (nSPS) is 28.2. The van der Waals surface area contributed by atoms with Crippen LogP contribution >= 0.6 is 0 Å². The predicted octanol–water partition coefficient (Wildman–Crippen LogP) is 2.97. The number of fused-ring (bicyclic) bond motifs is 1. The van der Waals surface area contributed by atoms with Crippen molar-refractivity contribution in [2.75, 3.05) is 6.79 Å². The lowest BCUT2D eigenvalue weighted by atomic mass is 9.78. The van der Waals surface area contributed by atoms with E-state index in [2.05, 4.69) is 19.2 Å². The first kappa shape index (κ1) is 13.3. The van der Waals surface area contributed by atoms with Gasteiger partial charge in [-0.15, -0.1) is 0 Å². The summed E-state index contributed by atoms with van der Waals surface area (Å²) in [6.07, 6.45) is 3.52. The molecule has 1 aromatic carbocycles. The molecule has 20 heavy (non-hydrogen) atoms. The molecule has 3 rings (SSSR count). The fourth-order valence-electron chi connectivity index (χ4n) is 3.08. The summed E-state index contributed by atoms with van der Waals surface area (Å²) >= 11 is 0. The molecule has 1 aliphatic carbocycles. The van der Waals surface area contributed by atoms with Gasteiger partial charge in [-0.1, -0.05) is 26.7 Å². The highest BCUT2D eigenvalue weighted by molar-refractivity contribution is 5.95. The Hall–Kier alpha value is -1.71. The number of carbonyl (C=O) groups excluding carboxylic acids is 1. The van der Waals surface area contributed by atoms with E-state index in [0.29, 0.717) is 28.9 Å². The van der Waals surface area contributed by atoms with Crippen LogP contribution in [0.4, 0.5) is 0 Å². The molecule has 1 amide bonds. The van der Waals surface area contributed by atoms with Gasteiger partial charge < -0.3 is 14.8 Å². The van der Waals surface area contributed by atoms with Crippen molar-refractivity contribution in [2.45, 2.75) is 39.2 Å². The summed E-state index contributed by atoms with van der Waals surface area (Å²) in [5.41, 5.74) is 0.639. The Morgan fingerprint density at radius 3 is 2.85 bits per heavy atom. The van der Waals surface area contributed by atoms with Crippen LogP contribution in [0.5, 0.6) is 11.5 Å². The van der Waals surface area contributed by atoms with Gasteiger partial charge in [-0.25, -0.2) is 0 Å². The van der Waals surface area contributed by atoms with Crippen molar-refractivity contribution >= 4 is 5.91 Å². The maximum atomic E-state index is 12.4. The number of amides is 1. The van der Waals surface area contributed by atoms with Gasteiger partial charge in [-0.3, -0.25) is 4.79 Å². The predicted molar refractivity (Wildman–Crippen MR) is 76.0 cm³/mol. The molecule has 4 nitrogen and oxygen atoms in total. The largest absolute Gasteiger partial charge is 0.454 e.